The summed E-state index contributed by atoms with van der Waals surface area (Å²) in [6, 6.07) is 7.94. The van der Waals surface area contributed by atoms with Crippen LogP contribution in [0.2, 0.25) is 36.3 Å². The highest BCUT2D eigenvalue weighted by atomic mass is 28.4. The highest BCUT2D eigenvalue weighted by molar-refractivity contribution is 6.74. The topological polar surface area (TPSA) is 220 Å². The van der Waals surface area contributed by atoms with Gasteiger partial charge in [-0.05, 0) is 67.1 Å². The Morgan fingerprint density at radius 1 is 0.914 bits per heavy atom. The number of hydrogen-bond donors (Lipinski definition) is 6. The van der Waals surface area contributed by atoms with E-state index in [0.717, 1.165) is 5.56 Å². The molecule has 6 N–H and O–H groups in total. The molecule has 0 radical (unpaired) electrons. The highest BCUT2D eigenvalue weighted by Crippen LogP contribution is 2.46. The number of aliphatic hydroxyl groups is 1. The Balaban J connectivity index is 1.81. The number of aliphatic carboxylic acids is 1. The number of rotatable bonds is 19. The molecule has 1 aliphatic heterocycles. The number of nitrogens with one attached hydrogen (secondary N) is 4. The lowest BCUT2D eigenvalue weighted by molar-refractivity contribution is -0.149. The van der Waals surface area contributed by atoms with Gasteiger partial charge in [0.1, 0.15) is 43.1 Å². The van der Waals surface area contributed by atoms with Gasteiger partial charge in [-0.3, -0.25) is 23.9 Å². The Morgan fingerprint density at radius 3 is 2.03 bits per heavy atom. The molecule has 0 bridgehead atoms. The van der Waals surface area contributed by atoms with Crippen LogP contribution in [0.5, 0.6) is 0 Å². The molecule has 326 valence electrons. The van der Waals surface area contributed by atoms with Crippen molar-refractivity contribution >= 4 is 34.6 Å². The minimum atomic E-state index is -2.68. The van der Waals surface area contributed by atoms with Gasteiger partial charge >= 0.3 is 17.8 Å². The molecule has 7 atom stereocenters. The summed E-state index contributed by atoms with van der Waals surface area (Å²) in [5.41, 5.74) is -0.556. The van der Waals surface area contributed by atoms with E-state index in [4.69, 9.17) is 18.3 Å². The molecule has 1 aromatic carbocycles. The monoisotopic (exact) mass is 849 g/mol. The lowest BCUT2D eigenvalue weighted by Gasteiger charge is -2.44. The molecule has 2 amide bonds. The van der Waals surface area contributed by atoms with E-state index in [9.17, 15) is 34.2 Å². The maximum absolute atomic E-state index is 13.2. The first-order chi connectivity index (χ1) is 26.8. The van der Waals surface area contributed by atoms with Crippen molar-refractivity contribution in [2.24, 2.45) is 5.92 Å². The van der Waals surface area contributed by atoms with Crippen molar-refractivity contribution in [3.63, 3.8) is 0 Å². The molecule has 1 aromatic heterocycles. The fourth-order valence-corrected chi connectivity index (χ4v) is 8.51. The Kier molecular flexibility index (Phi) is 16.9. The second kappa shape index (κ2) is 20.1. The predicted molar refractivity (Wildman–Crippen MR) is 225 cm³/mol. The van der Waals surface area contributed by atoms with Crippen molar-refractivity contribution in [1.29, 1.82) is 0 Å². The summed E-state index contributed by atoms with van der Waals surface area (Å²) < 4.78 is 26.9. The standard InChI is InChI=1S/C40H67N5O11Si2/c1-25(2)23-27(43-38(52)53-24-26-17-14-13-15-18-26)34(48)42-21-16-20-41-29(36(49)50)30(47)31-32(55-57(9,10)39(3,4)5)33(56-58(11,12)40(6,7)8)35(54-31)45-22-19-28(46)44-37(45)51/h13-15,17-19,22,25,27,29-33,35,41,47H,16,20-21,23-24H2,1-12H3,(H,42,48)(H,43,52)(H,49,50)(H,44,46,51)/t27-,29-,30?,31+,32+,33+,35+/m0/s1. The predicted octanol–water partition coefficient (Wildman–Crippen LogP) is 4.47. The third-order valence-corrected chi connectivity index (χ3v) is 20.3. The number of carbonyl (C=O) groups is 3. The second-order valence-electron chi connectivity index (χ2n) is 18.5. The number of aliphatic hydroxyl groups excluding tert-OH is 1. The molecule has 16 nitrogen and oxygen atoms in total. The molecule has 0 aliphatic carbocycles. The van der Waals surface area contributed by atoms with Gasteiger partial charge in [0.25, 0.3) is 5.56 Å². The Morgan fingerprint density at radius 2 is 1.50 bits per heavy atom. The quantitative estimate of drug-likeness (QED) is 0.0853. The van der Waals surface area contributed by atoms with Crippen LogP contribution in [-0.2, 0) is 34.5 Å². The van der Waals surface area contributed by atoms with E-state index in [2.05, 4.69) is 41.7 Å². The van der Waals surface area contributed by atoms with Crippen LogP contribution >= 0.6 is 0 Å². The largest absolute Gasteiger partial charge is 0.480 e. The Hall–Kier alpha value is -3.66. The highest BCUT2D eigenvalue weighted by Gasteiger charge is 2.57. The summed E-state index contributed by atoms with van der Waals surface area (Å²) >= 11 is 0. The molecule has 0 spiro atoms. The fraction of sp³-hybridized carbons (Fsp3) is 0.675. The number of ether oxygens (including phenoxy) is 2. The molecule has 2 heterocycles. The molecule has 0 saturated carbocycles. The summed E-state index contributed by atoms with van der Waals surface area (Å²) in [4.78, 5) is 66.0. The zero-order valence-electron chi connectivity index (χ0n) is 36.2. The number of carboxylic acids is 1. The van der Waals surface area contributed by atoms with Gasteiger partial charge in [-0.2, -0.15) is 0 Å². The molecule has 1 fully saturated rings. The van der Waals surface area contributed by atoms with Crippen molar-refractivity contribution in [3.8, 4) is 0 Å². The first-order valence-electron chi connectivity index (χ1n) is 20.0. The van der Waals surface area contributed by atoms with Crippen LogP contribution in [0.1, 0.15) is 80.0 Å². The van der Waals surface area contributed by atoms with Gasteiger partial charge in [-0.25, -0.2) is 9.59 Å². The van der Waals surface area contributed by atoms with Crippen LogP contribution < -0.4 is 27.2 Å². The van der Waals surface area contributed by atoms with E-state index in [1.54, 1.807) is 0 Å². The summed E-state index contributed by atoms with van der Waals surface area (Å²) in [7, 11) is -5.32. The third kappa shape index (κ3) is 13.2. The van der Waals surface area contributed by atoms with Crippen molar-refractivity contribution in [3.05, 3.63) is 69.0 Å². The molecule has 1 aliphatic rings. The van der Waals surface area contributed by atoms with Crippen LogP contribution in [0.15, 0.2) is 52.2 Å². The van der Waals surface area contributed by atoms with E-state index < -0.39 is 88.6 Å². The SMILES string of the molecule is CC(C)C[C@H](NC(=O)OCc1ccccc1)C(=O)NCCCN[C@H](C(=O)O)C(O)[C@H]1O[C@@H](n2ccc(=O)[nH]c2=O)[C@H](O[Si](C)(C)C(C)(C)C)[C@@H]1O[Si](C)(C)C(C)(C)C. The number of aromatic amines is 1. The van der Waals surface area contributed by atoms with E-state index in [-0.39, 0.29) is 42.1 Å². The zero-order chi connectivity index (χ0) is 43.8. The third-order valence-electron chi connectivity index (χ3n) is 11.3. The van der Waals surface area contributed by atoms with Gasteiger partial charge < -0.3 is 44.5 Å². The van der Waals surface area contributed by atoms with Crippen molar-refractivity contribution in [1.82, 2.24) is 25.5 Å². The molecule has 3 rings (SSSR count). The normalized spacial score (nSPS) is 20.7. The Labute approximate surface area is 344 Å². The number of amides is 2. The number of aromatic nitrogens is 2. The summed E-state index contributed by atoms with van der Waals surface area (Å²) in [5.74, 6) is -1.68. The number of nitrogens with zero attached hydrogens (tertiary/aromatic N) is 1. The van der Waals surface area contributed by atoms with Crippen LogP contribution in [0.4, 0.5) is 4.79 Å². The molecular weight excluding hydrogens is 783 g/mol. The smallest absolute Gasteiger partial charge is 0.408 e. The zero-order valence-corrected chi connectivity index (χ0v) is 38.2. The Bertz CT molecular complexity index is 1790. The second-order valence-corrected chi connectivity index (χ2v) is 28.0. The van der Waals surface area contributed by atoms with Gasteiger partial charge in [0.2, 0.25) is 5.91 Å². The fourth-order valence-electron chi connectivity index (χ4n) is 5.92. The minimum Gasteiger partial charge on any atom is -0.480 e. The number of carbonyl (C=O) groups excluding carboxylic acids is 2. The van der Waals surface area contributed by atoms with Crippen LogP contribution in [0, 0.1) is 5.92 Å². The van der Waals surface area contributed by atoms with Gasteiger partial charge in [0.15, 0.2) is 22.9 Å². The maximum atomic E-state index is 13.2. The molecular formula is C40H67N5O11Si2. The number of H-pyrrole nitrogens is 1. The number of alkyl carbamates (subject to hydrolysis) is 1. The van der Waals surface area contributed by atoms with Gasteiger partial charge in [0.05, 0.1) is 0 Å². The van der Waals surface area contributed by atoms with Crippen LogP contribution in [0.3, 0.4) is 0 Å². The molecule has 18 heteroatoms. The molecule has 1 unspecified atom stereocenters. The molecule has 1 saturated heterocycles. The van der Waals surface area contributed by atoms with Crippen LogP contribution in [0.25, 0.3) is 0 Å². The van der Waals surface area contributed by atoms with E-state index in [1.165, 1.54) is 16.8 Å². The van der Waals surface area contributed by atoms with E-state index in [0.29, 0.717) is 6.42 Å². The van der Waals surface area contributed by atoms with E-state index in [1.807, 2.05) is 91.1 Å². The first kappa shape index (κ1) is 48.7. The summed E-state index contributed by atoms with van der Waals surface area (Å²) in [6.45, 7) is 24.6. The molecule has 58 heavy (non-hydrogen) atoms. The number of carboxylic acid groups (broad SMARTS) is 1. The first-order valence-corrected chi connectivity index (χ1v) is 25.8. The van der Waals surface area contributed by atoms with E-state index >= 15 is 0 Å². The lowest BCUT2D eigenvalue weighted by Crippen LogP contribution is -2.58. The average molecular weight is 850 g/mol. The van der Waals surface area contributed by atoms with Crippen molar-refractivity contribution in [2.75, 3.05) is 13.1 Å². The van der Waals surface area contributed by atoms with Gasteiger partial charge in [-0.15, -0.1) is 0 Å². The summed E-state index contributed by atoms with van der Waals surface area (Å²) in [5, 5.41) is 30.1. The maximum Gasteiger partial charge on any atom is 0.408 e. The number of benzene rings is 1. The van der Waals surface area contributed by atoms with Crippen molar-refractivity contribution in [2.45, 2.75) is 154 Å². The van der Waals surface area contributed by atoms with Crippen molar-refractivity contribution < 1.29 is 42.9 Å². The van der Waals surface area contributed by atoms with Gasteiger partial charge in [0, 0.05) is 18.8 Å². The lowest BCUT2D eigenvalue weighted by atomic mass is 9.99. The average Bonchev–Trinajstić information content (AvgIpc) is 3.43. The minimum absolute atomic E-state index is 0.0522. The number of hydrogen-bond acceptors (Lipinski definition) is 11. The van der Waals surface area contributed by atoms with Gasteiger partial charge in [-0.1, -0.05) is 85.7 Å². The summed E-state index contributed by atoms with van der Waals surface area (Å²) in [6.07, 6.45) is -4.93. The van der Waals surface area contributed by atoms with Crippen LogP contribution in [-0.4, -0.2) is 104 Å². The molecule has 2 aromatic rings.